The highest BCUT2D eigenvalue weighted by Crippen LogP contribution is 2.43. The highest BCUT2D eigenvalue weighted by atomic mass is 16.6. The lowest BCUT2D eigenvalue weighted by molar-refractivity contribution is 0.0487. The number of hydrogen-bond acceptors (Lipinski definition) is 6. The van der Waals surface area contributed by atoms with Gasteiger partial charge < -0.3 is 29.9 Å². The van der Waals surface area contributed by atoms with Crippen molar-refractivity contribution in [3.05, 3.63) is 58.7 Å². The third-order valence-electron chi connectivity index (χ3n) is 9.51. The van der Waals surface area contributed by atoms with Gasteiger partial charge in [-0.25, -0.2) is 9.59 Å². The molecule has 6 rings (SSSR count). The summed E-state index contributed by atoms with van der Waals surface area (Å²) in [7, 11) is 0. The fourth-order valence-corrected chi connectivity index (χ4v) is 7.84. The topological polar surface area (TPSA) is 83.1 Å². The molecule has 238 valence electrons. The van der Waals surface area contributed by atoms with E-state index in [0.717, 1.165) is 64.7 Å². The second-order valence-corrected chi connectivity index (χ2v) is 15.2. The Morgan fingerprint density at radius 1 is 0.659 bits per heavy atom. The molecule has 2 saturated heterocycles. The number of benzene rings is 2. The molecule has 0 bridgehead atoms. The van der Waals surface area contributed by atoms with Gasteiger partial charge in [0.05, 0.1) is 12.1 Å². The summed E-state index contributed by atoms with van der Waals surface area (Å²) in [4.78, 5) is 30.4. The largest absolute Gasteiger partial charge is 0.444 e. The first-order chi connectivity index (χ1) is 20.8. The minimum atomic E-state index is -0.512. The van der Waals surface area contributed by atoms with Gasteiger partial charge in [0.15, 0.2) is 0 Å². The molecule has 44 heavy (non-hydrogen) atoms. The smallest absolute Gasteiger partial charge is 0.408 e. The molecule has 0 spiro atoms. The van der Waals surface area contributed by atoms with Gasteiger partial charge in [0, 0.05) is 49.4 Å². The maximum atomic E-state index is 12.6. The van der Waals surface area contributed by atoms with Gasteiger partial charge in [0.2, 0.25) is 0 Å². The molecular weight excluding hydrogens is 552 g/mol. The van der Waals surface area contributed by atoms with E-state index in [1.54, 1.807) is 0 Å². The van der Waals surface area contributed by atoms with E-state index in [9.17, 15) is 9.59 Å². The minimum absolute atomic E-state index is 0.0102. The molecular formula is C36H50N4O4. The third kappa shape index (κ3) is 6.64. The van der Waals surface area contributed by atoms with Crippen LogP contribution in [0.25, 0.3) is 0 Å². The first kappa shape index (κ1) is 30.6. The Labute approximate surface area is 262 Å². The van der Waals surface area contributed by atoms with Crippen molar-refractivity contribution in [2.45, 2.75) is 103 Å². The molecule has 8 heteroatoms. The molecule has 2 aliphatic carbocycles. The summed E-state index contributed by atoms with van der Waals surface area (Å²) < 4.78 is 11.1. The van der Waals surface area contributed by atoms with Crippen LogP contribution in [0.4, 0.5) is 21.0 Å². The Kier molecular flexibility index (Phi) is 8.22. The molecule has 0 saturated carbocycles. The van der Waals surface area contributed by atoms with Crippen LogP contribution < -0.4 is 20.4 Å². The lowest BCUT2D eigenvalue weighted by Gasteiger charge is -2.33. The van der Waals surface area contributed by atoms with Gasteiger partial charge in [-0.3, -0.25) is 0 Å². The lowest BCUT2D eigenvalue weighted by Crippen LogP contribution is -2.37. The van der Waals surface area contributed by atoms with Crippen LogP contribution in [0.2, 0.25) is 0 Å². The van der Waals surface area contributed by atoms with Gasteiger partial charge in [-0.2, -0.15) is 0 Å². The second-order valence-electron chi connectivity index (χ2n) is 15.2. The minimum Gasteiger partial charge on any atom is -0.444 e. The summed E-state index contributed by atoms with van der Waals surface area (Å²) in [5.74, 6) is 1.22. The summed E-state index contributed by atoms with van der Waals surface area (Å²) >= 11 is 0. The molecule has 2 aromatic rings. The number of ether oxygens (including phenoxy) is 2. The standard InChI is InChI=1S/C36H50N4O4/c1-35(2,3)43-33(41)37-29-15-7-13-27-25(29)11-9-17-31(27)39-19-23-21-40(22-24(23)20-39)32-18-10-12-26-28(32)14-8-16-30(26)38-34(42)44-36(4,5)6/h9-12,17-18,23-24,29-30H,7-8,13-16,19-22H2,1-6H3,(H,37,41)(H,38,42)/t23?,24?,29-,30-/m1/s1. The fourth-order valence-electron chi connectivity index (χ4n) is 7.84. The van der Waals surface area contributed by atoms with Crippen LogP contribution in [0.1, 0.15) is 102 Å². The van der Waals surface area contributed by atoms with E-state index in [0.29, 0.717) is 11.8 Å². The Hall–Kier alpha value is -3.42. The summed E-state index contributed by atoms with van der Waals surface area (Å²) in [5.41, 5.74) is 6.91. The van der Waals surface area contributed by atoms with E-state index in [-0.39, 0.29) is 24.3 Å². The molecule has 2 fully saturated rings. The van der Waals surface area contributed by atoms with Crippen molar-refractivity contribution in [2.75, 3.05) is 36.0 Å². The normalized spacial score (nSPS) is 24.7. The van der Waals surface area contributed by atoms with Crippen molar-refractivity contribution < 1.29 is 19.1 Å². The zero-order valence-electron chi connectivity index (χ0n) is 27.4. The Morgan fingerprint density at radius 2 is 1.05 bits per heavy atom. The summed E-state index contributed by atoms with van der Waals surface area (Å²) in [6.45, 7) is 15.6. The van der Waals surface area contributed by atoms with E-state index < -0.39 is 11.2 Å². The molecule has 2 heterocycles. The maximum Gasteiger partial charge on any atom is 0.408 e. The quantitative estimate of drug-likeness (QED) is 0.390. The highest BCUT2D eigenvalue weighted by Gasteiger charge is 2.42. The van der Waals surface area contributed by atoms with Gasteiger partial charge in [-0.05, 0) is 114 Å². The van der Waals surface area contributed by atoms with Gasteiger partial charge in [-0.15, -0.1) is 0 Å². The SMILES string of the molecule is CC(C)(C)OC(=O)N[C@@H]1CCCc2c1cccc2N1CC2CN(c3cccc4c3CCC[C@H]4NC(=O)OC(C)(C)C)CC2C1. The predicted octanol–water partition coefficient (Wildman–Crippen LogP) is 7.06. The van der Waals surface area contributed by atoms with Gasteiger partial charge in [0.1, 0.15) is 11.2 Å². The molecule has 0 radical (unpaired) electrons. The average Bonchev–Trinajstić information content (AvgIpc) is 3.50. The summed E-state index contributed by atoms with van der Waals surface area (Å²) in [6.07, 6.45) is 5.40. The second kappa shape index (κ2) is 11.8. The van der Waals surface area contributed by atoms with Crippen molar-refractivity contribution in [3.8, 4) is 0 Å². The number of carbonyl (C=O) groups is 2. The molecule has 4 aliphatic rings. The highest BCUT2D eigenvalue weighted by molar-refractivity contribution is 5.70. The van der Waals surface area contributed by atoms with Gasteiger partial charge >= 0.3 is 12.2 Å². The lowest BCUT2D eigenvalue weighted by atomic mass is 9.86. The zero-order chi connectivity index (χ0) is 31.2. The Morgan fingerprint density at radius 3 is 1.41 bits per heavy atom. The first-order valence-corrected chi connectivity index (χ1v) is 16.6. The van der Waals surface area contributed by atoms with Crippen molar-refractivity contribution in [3.63, 3.8) is 0 Å². The van der Waals surface area contributed by atoms with E-state index >= 15 is 0 Å². The van der Waals surface area contributed by atoms with Crippen molar-refractivity contribution in [1.82, 2.24) is 10.6 Å². The number of anilines is 2. The maximum absolute atomic E-state index is 12.6. The predicted molar refractivity (Wildman–Crippen MR) is 174 cm³/mol. The van der Waals surface area contributed by atoms with Crippen LogP contribution in [-0.4, -0.2) is 49.6 Å². The van der Waals surface area contributed by atoms with E-state index in [2.05, 4.69) is 56.8 Å². The van der Waals surface area contributed by atoms with E-state index in [1.807, 2.05) is 41.5 Å². The summed E-state index contributed by atoms with van der Waals surface area (Å²) in [6, 6.07) is 13.2. The molecule has 2 atom stereocenters. The van der Waals surface area contributed by atoms with Crippen LogP contribution >= 0.6 is 0 Å². The molecule has 0 unspecified atom stereocenters. The van der Waals surface area contributed by atoms with Crippen molar-refractivity contribution in [1.29, 1.82) is 0 Å². The van der Waals surface area contributed by atoms with Crippen molar-refractivity contribution >= 4 is 23.6 Å². The van der Waals surface area contributed by atoms with E-state index in [4.69, 9.17) is 9.47 Å². The first-order valence-electron chi connectivity index (χ1n) is 16.6. The number of amides is 2. The number of nitrogens with one attached hydrogen (secondary N) is 2. The fraction of sp³-hybridized carbons (Fsp3) is 0.611. The molecule has 2 amide bonds. The monoisotopic (exact) mass is 602 g/mol. The third-order valence-corrected chi connectivity index (χ3v) is 9.51. The Bertz CT molecular complexity index is 1280. The van der Waals surface area contributed by atoms with Gasteiger partial charge in [0.25, 0.3) is 0 Å². The van der Waals surface area contributed by atoms with E-state index in [1.165, 1.54) is 33.6 Å². The molecule has 8 nitrogen and oxygen atoms in total. The van der Waals surface area contributed by atoms with Crippen LogP contribution in [0, 0.1) is 11.8 Å². The molecule has 2 N–H and O–H groups in total. The van der Waals surface area contributed by atoms with Crippen LogP contribution in [0.15, 0.2) is 36.4 Å². The average molecular weight is 603 g/mol. The van der Waals surface area contributed by atoms with Crippen LogP contribution in [0.3, 0.4) is 0 Å². The number of nitrogens with zero attached hydrogens (tertiary/aromatic N) is 2. The van der Waals surface area contributed by atoms with Crippen LogP contribution in [0.5, 0.6) is 0 Å². The number of hydrogen-bond donors (Lipinski definition) is 2. The molecule has 2 aromatic carbocycles. The molecule has 2 aliphatic heterocycles. The van der Waals surface area contributed by atoms with Crippen molar-refractivity contribution in [2.24, 2.45) is 11.8 Å². The number of carbonyl (C=O) groups excluding carboxylic acids is 2. The number of fused-ring (bicyclic) bond motifs is 3. The summed E-state index contributed by atoms with van der Waals surface area (Å²) in [5, 5.41) is 6.29. The number of rotatable bonds is 4. The Balaban J connectivity index is 1.13. The van der Waals surface area contributed by atoms with Gasteiger partial charge in [-0.1, -0.05) is 24.3 Å². The number of alkyl carbamates (subject to hydrolysis) is 2. The zero-order valence-corrected chi connectivity index (χ0v) is 27.4. The molecule has 0 aromatic heterocycles. The van der Waals surface area contributed by atoms with Crippen LogP contribution in [-0.2, 0) is 22.3 Å².